The third-order valence-electron chi connectivity index (χ3n) is 10.5. The van der Waals surface area contributed by atoms with Crippen LogP contribution in [0.4, 0.5) is 24.5 Å². The second-order valence-electron chi connectivity index (χ2n) is 14.4. The van der Waals surface area contributed by atoms with E-state index in [1.807, 2.05) is 4.72 Å². The summed E-state index contributed by atoms with van der Waals surface area (Å²) in [5.74, 6) is -8.28. The summed E-state index contributed by atoms with van der Waals surface area (Å²) in [7, 11) is -2.72. The average molecular weight is 804 g/mol. The van der Waals surface area contributed by atoms with Crippen molar-refractivity contribution in [3.63, 3.8) is 0 Å². The Hall–Kier alpha value is -6.01. The van der Waals surface area contributed by atoms with Crippen LogP contribution in [-0.4, -0.2) is 78.8 Å². The molecule has 3 aliphatic rings. The molecule has 57 heavy (non-hydrogen) atoms. The van der Waals surface area contributed by atoms with Gasteiger partial charge in [0.1, 0.15) is 24.6 Å². The number of anilines is 2. The summed E-state index contributed by atoms with van der Waals surface area (Å²) in [4.78, 5) is 50.8. The van der Waals surface area contributed by atoms with Crippen LogP contribution in [0.15, 0.2) is 72.8 Å². The molecule has 2 atom stereocenters. The maximum Gasteiger partial charge on any atom is 0.326 e. The Morgan fingerprint density at radius 2 is 1.77 bits per heavy atom. The zero-order valence-corrected chi connectivity index (χ0v) is 31.2. The van der Waals surface area contributed by atoms with Crippen LogP contribution in [0.25, 0.3) is 21.7 Å². The van der Waals surface area contributed by atoms with Gasteiger partial charge in [-0.2, -0.15) is 13.5 Å². The third kappa shape index (κ3) is 7.37. The summed E-state index contributed by atoms with van der Waals surface area (Å²) in [5, 5.41) is 10.4. The van der Waals surface area contributed by atoms with Crippen LogP contribution in [-0.2, 0) is 43.0 Å². The number of rotatable bonds is 9. The van der Waals surface area contributed by atoms with E-state index in [0.29, 0.717) is 38.4 Å². The van der Waals surface area contributed by atoms with Crippen LogP contribution in [0.3, 0.4) is 0 Å². The number of alkyl halides is 2. The van der Waals surface area contributed by atoms with Crippen LogP contribution in [0.2, 0.25) is 0 Å². The number of hydrogen-bond donors (Lipinski definition) is 3. The number of fused-ring (bicyclic) bond motifs is 2. The normalized spacial score (nSPS) is 20.8. The van der Waals surface area contributed by atoms with E-state index >= 15 is 13.2 Å². The molecule has 5 aromatic rings. The van der Waals surface area contributed by atoms with E-state index < -0.39 is 70.3 Å². The van der Waals surface area contributed by atoms with Gasteiger partial charge in [-0.1, -0.05) is 42.5 Å². The minimum absolute atomic E-state index is 0.0113. The molecule has 14 nitrogen and oxygen atoms in total. The van der Waals surface area contributed by atoms with Gasteiger partial charge in [0.25, 0.3) is 11.8 Å². The first-order valence-corrected chi connectivity index (χ1v) is 19.6. The molecule has 0 spiro atoms. The van der Waals surface area contributed by atoms with Gasteiger partial charge in [0, 0.05) is 29.9 Å². The molecule has 8 rings (SSSR count). The molecule has 4 amide bonds. The highest BCUT2D eigenvalue weighted by Gasteiger charge is 2.46. The van der Waals surface area contributed by atoms with E-state index in [9.17, 15) is 27.6 Å². The monoisotopic (exact) mass is 803 g/mol. The van der Waals surface area contributed by atoms with Gasteiger partial charge in [-0.15, -0.1) is 0 Å². The first-order valence-electron chi connectivity index (χ1n) is 18.1. The highest BCUT2D eigenvalue weighted by molar-refractivity contribution is 7.92. The summed E-state index contributed by atoms with van der Waals surface area (Å²) in [5.41, 5.74) is 1.98. The van der Waals surface area contributed by atoms with Crippen molar-refractivity contribution in [1.29, 1.82) is 0 Å². The molecule has 1 aromatic heterocycles. The molecular weight excluding hydrogens is 768 g/mol. The van der Waals surface area contributed by atoms with E-state index in [1.165, 1.54) is 29.2 Å². The maximum atomic E-state index is 16.2. The molecule has 0 aliphatic carbocycles. The number of carbonyl (C=O) groups is 4. The lowest BCUT2D eigenvalue weighted by molar-refractivity contribution is -0.134. The second-order valence-corrected chi connectivity index (χ2v) is 16.0. The van der Waals surface area contributed by atoms with Gasteiger partial charge in [-0.05, 0) is 66.2 Å². The number of benzene rings is 4. The van der Waals surface area contributed by atoms with Crippen LogP contribution in [0.5, 0.6) is 5.75 Å². The van der Waals surface area contributed by atoms with Crippen LogP contribution >= 0.6 is 0 Å². The number of nitrogens with one attached hydrogen (secondary N) is 3. The summed E-state index contributed by atoms with van der Waals surface area (Å²) in [6.45, 7) is -1.52. The van der Waals surface area contributed by atoms with Crippen molar-refractivity contribution in [3.8, 4) is 5.75 Å². The molecule has 3 N–H and O–H groups in total. The molecule has 4 aromatic carbocycles. The number of halogens is 3. The zero-order chi connectivity index (χ0) is 40.2. The number of carbonyl (C=O) groups excluding carboxylic acids is 4. The fraction of sp³-hybridized carbons (Fsp3) is 0.308. The quantitative estimate of drug-likeness (QED) is 0.185. The Morgan fingerprint density at radius 3 is 2.49 bits per heavy atom. The smallest absolute Gasteiger partial charge is 0.326 e. The van der Waals surface area contributed by atoms with Crippen LogP contribution in [0.1, 0.15) is 47.9 Å². The topological polar surface area (TPSA) is 172 Å². The molecule has 3 saturated heterocycles. The highest BCUT2D eigenvalue weighted by atomic mass is 32.2. The van der Waals surface area contributed by atoms with Gasteiger partial charge < -0.3 is 10.1 Å². The van der Waals surface area contributed by atoms with Gasteiger partial charge >= 0.3 is 10.2 Å². The molecule has 3 aliphatic heterocycles. The van der Waals surface area contributed by atoms with E-state index in [1.54, 1.807) is 60.3 Å². The van der Waals surface area contributed by atoms with Crippen molar-refractivity contribution < 1.29 is 45.5 Å². The van der Waals surface area contributed by atoms with Gasteiger partial charge in [0.15, 0.2) is 5.82 Å². The summed E-state index contributed by atoms with van der Waals surface area (Å²) in [6, 6.07) is 19.5. The van der Waals surface area contributed by atoms with Crippen molar-refractivity contribution in [2.75, 3.05) is 35.8 Å². The van der Waals surface area contributed by atoms with E-state index in [0.717, 1.165) is 0 Å². The third-order valence-corrected chi connectivity index (χ3v) is 11.9. The van der Waals surface area contributed by atoms with Crippen LogP contribution in [0, 0.1) is 5.82 Å². The first-order chi connectivity index (χ1) is 27.2. The minimum Gasteiger partial charge on any atom is -0.487 e. The summed E-state index contributed by atoms with van der Waals surface area (Å²) in [6.07, 6.45) is 0.548. The van der Waals surface area contributed by atoms with Gasteiger partial charge in [-0.25, -0.2) is 22.2 Å². The lowest BCUT2D eigenvalue weighted by Crippen LogP contribution is -2.49. The molecule has 0 radical (unpaired) electrons. The van der Waals surface area contributed by atoms with E-state index in [-0.39, 0.29) is 60.7 Å². The van der Waals surface area contributed by atoms with Gasteiger partial charge in [0.05, 0.1) is 36.1 Å². The number of likely N-dealkylation sites (tertiary alicyclic amines) is 1. The molecule has 18 heteroatoms. The minimum atomic E-state index is -4.39. The van der Waals surface area contributed by atoms with Crippen molar-refractivity contribution in [1.82, 2.24) is 24.7 Å². The van der Waals surface area contributed by atoms with Crippen molar-refractivity contribution in [2.24, 2.45) is 7.05 Å². The number of nitrogens with zero attached hydrogens (tertiary/aromatic N) is 4. The molecule has 296 valence electrons. The lowest BCUT2D eigenvalue weighted by Gasteiger charge is -2.38. The Labute approximate surface area is 324 Å². The molecule has 0 saturated carbocycles. The molecule has 3 fully saturated rings. The second kappa shape index (κ2) is 14.5. The van der Waals surface area contributed by atoms with Crippen molar-refractivity contribution in [2.45, 2.75) is 43.6 Å². The predicted octanol–water partition coefficient (Wildman–Crippen LogP) is 4.21. The Kier molecular flexibility index (Phi) is 9.63. The number of aromatic nitrogens is 2. The van der Waals surface area contributed by atoms with E-state index in [4.69, 9.17) is 4.74 Å². The zero-order valence-electron chi connectivity index (χ0n) is 30.4. The van der Waals surface area contributed by atoms with Crippen LogP contribution < -0.4 is 24.4 Å². The number of hydrogen-bond acceptors (Lipinski definition) is 9. The number of imide groups is 1. The fourth-order valence-corrected chi connectivity index (χ4v) is 8.98. The highest BCUT2D eigenvalue weighted by Crippen LogP contribution is 2.43. The van der Waals surface area contributed by atoms with Gasteiger partial charge in [-0.3, -0.25) is 34.1 Å². The predicted molar refractivity (Wildman–Crippen MR) is 202 cm³/mol. The Bertz CT molecular complexity index is 2590. The lowest BCUT2D eigenvalue weighted by atomic mass is 9.85. The molecule has 4 heterocycles. The van der Waals surface area contributed by atoms with E-state index in [2.05, 4.69) is 15.7 Å². The number of ether oxygens (including phenoxy) is 1. The Morgan fingerprint density at radius 1 is 1.00 bits per heavy atom. The molecule has 2 unspecified atom stereocenters. The molecule has 0 bridgehead atoms. The average Bonchev–Trinajstić information content (AvgIpc) is 3.62. The molecular formula is C39H36F3N7O7S. The van der Waals surface area contributed by atoms with Crippen molar-refractivity contribution >= 4 is 66.9 Å². The fourth-order valence-electron chi connectivity index (χ4n) is 7.82. The maximum absolute atomic E-state index is 16.2. The van der Waals surface area contributed by atoms with Gasteiger partial charge in [0.2, 0.25) is 17.7 Å². The summed E-state index contributed by atoms with van der Waals surface area (Å²) >= 11 is 0. The first kappa shape index (κ1) is 37.9. The summed E-state index contributed by atoms with van der Waals surface area (Å²) < 4.78 is 83.2. The number of amides is 4. The standard InChI is InChI=1S/C39H36F3N7O7S/c1-47-30-16-23(7-9-27(30)36(45-47)28-11-12-32(50)44-38(28)53)29-13-14-48(21-39(29,41)42)18-33(51)43-25-8-10-26-24(15-25)17-31(56-20-22-5-3-2-4-6-22)37(35(26)40)49-19-34(52)46-57(49,54)55/h2-10,15-17,28-29H,11-14,18-21H2,1H3,(H,43,51)(H,46,52)(H,44,50,53). The largest absolute Gasteiger partial charge is 0.487 e. The number of aryl methyl sites for hydroxylation is 1. The number of piperidine rings is 2. The van der Waals surface area contributed by atoms with Crippen molar-refractivity contribution in [3.05, 3.63) is 95.4 Å². The Balaban J connectivity index is 0.970. The SMILES string of the molecule is Cn1nc(C2CCC(=O)NC2=O)c2ccc(C3CCN(CC(=O)Nc4ccc5c(F)c(N6CC(=O)NS6(=O)=O)c(OCc6ccccc6)cc5c4)CC3(F)F)cc21.